The lowest BCUT2D eigenvalue weighted by atomic mass is 9.87. The molecule has 1 aromatic rings. The van der Waals surface area contributed by atoms with Gasteiger partial charge in [-0.05, 0) is 69.8 Å². The summed E-state index contributed by atoms with van der Waals surface area (Å²) in [6, 6.07) is 9.14. The molecule has 0 saturated carbocycles. The first-order chi connectivity index (χ1) is 9.55. The van der Waals surface area contributed by atoms with Crippen LogP contribution in [0.25, 0.3) is 0 Å². The molecule has 0 heterocycles. The number of nitrogens with zero attached hydrogens (tertiary/aromatic N) is 1. The van der Waals surface area contributed by atoms with Crippen molar-refractivity contribution in [3.8, 4) is 11.8 Å². The summed E-state index contributed by atoms with van der Waals surface area (Å²) in [5, 5.41) is 12.4. The second kappa shape index (κ2) is 6.28. The predicted molar refractivity (Wildman–Crippen MR) is 80.7 cm³/mol. The molecule has 108 valence electrons. The number of fused-ring (bicyclic) bond motifs is 1. The van der Waals surface area contributed by atoms with Crippen molar-refractivity contribution in [3.63, 3.8) is 0 Å². The Morgan fingerprint density at radius 1 is 1.45 bits per heavy atom. The van der Waals surface area contributed by atoms with Gasteiger partial charge in [-0.3, -0.25) is 0 Å². The van der Waals surface area contributed by atoms with E-state index in [9.17, 15) is 0 Å². The minimum atomic E-state index is -0.318. The molecule has 1 unspecified atom stereocenters. The number of nitrogens with one attached hydrogen (secondary N) is 1. The Morgan fingerprint density at radius 2 is 2.25 bits per heavy atom. The SMILES string of the molecule is CNC1CCCc2ccc(OCCC(C)(C)C#N)cc21. The minimum absolute atomic E-state index is 0.318. The fraction of sp³-hybridized carbons (Fsp3) is 0.588. The van der Waals surface area contributed by atoms with E-state index in [2.05, 4.69) is 29.6 Å². The third-order valence-corrected chi connectivity index (χ3v) is 4.08. The van der Waals surface area contributed by atoms with Crippen molar-refractivity contribution in [2.45, 2.75) is 45.6 Å². The predicted octanol–water partition coefficient (Wildman–Crippen LogP) is 3.60. The van der Waals surface area contributed by atoms with Crippen LogP contribution >= 0.6 is 0 Å². The fourth-order valence-electron chi connectivity index (χ4n) is 2.65. The molecule has 1 atom stereocenters. The van der Waals surface area contributed by atoms with Crippen LogP contribution in [-0.4, -0.2) is 13.7 Å². The van der Waals surface area contributed by atoms with Crippen LogP contribution in [0.4, 0.5) is 0 Å². The van der Waals surface area contributed by atoms with Crippen molar-refractivity contribution in [3.05, 3.63) is 29.3 Å². The van der Waals surface area contributed by atoms with Crippen molar-refractivity contribution < 1.29 is 4.74 Å². The molecule has 1 aliphatic rings. The third kappa shape index (κ3) is 3.52. The lowest BCUT2D eigenvalue weighted by Gasteiger charge is -2.26. The van der Waals surface area contributed by atoms with E-state index in [-0.39, 0.29) is 5.41 Å². The molecule has 2 rings (SSSR count). The Balaban J connectivity index is 2.02. The third-order valence-electron chi connectivity index (χ3n) is 4.08. The Morgan fingerprint density at radius 3 is 2.95 bits per heavy atom. The number of hydrogen-bond donors (Lipinski definition) is 1. The molecular formula is C17H24N2O. The zero-order valence-corrected chi connectivity index (χ0v) is 12.7. The molecule has 0 saturated heterocycles. The molecule has 1 aromatic carbocycles. The molecule has 0 bridgehead atoms. The van der Waals surface area contributed by atoms with Gasteiger partial charge in [0.25, 0.3) is 0 Å². The van der Waals surface area contributed by atoms with Crippen molar-refractivity contribution in [2.24, 2.45) is 5.41 Å². The van der Waals surface area contributed by atoms with E-state index in [0.717, 1.165) is 18.6 Å². The van der Waals surface area contributed by atoms with Gasteiger partial charge in [0.2, 0.25) is 0 Å². The van der Waals surface area contributed by atoms with Crippen molar-refractivity contribution in [1.82, 2.24) is 5.32 Å². The number of benzene rings is 1. The normalized spacial score (nSPS) is 18.2. The van der Waals surface area contributed by atoms with Crippen LogP contribution in [0.15, 0.2) is 18.2 Å². The van der Waals surface area contributed by atoms with Crippen LogP contribution in [0.3, 0.4) is 0 Å². The van der Waals surface area contributed by atoms with Crippen molar-refractivity contribution in [1.29, 1.82) is 5.26 Å². The molecule has 0 amide bonds. The fourth-order valence-corrected chi connectivity index (χ4v) is 2.65. The smallest absolute Gasteiger partial charge is 0.119 e. The molecule has 1 aliphatic carbocycles. The maximum Gasteiger partial charge on any atom is 0.119 e. The Kier molecular flexibility index (Phi) is 4.67. The quantitative estimate of drug-likeness (QED) is 0.890. The average Bonchev–Trinajstić information content (AvgIpc) is 2.46. The molecule has 0 spiro atoms. The lowest BCUT2D eigenvalue weighted by molar-refractivity contribution is 0.264. The summed E-state index contributed by atoms with van der Waals surface area (Å²) in [4.78, 5) is 0. The second-order valence-electron chi connectivity index (χ2n) is 6.19. The summed E-state index contributed by atoms with van der Waals surface area (Å²) < 4.78 is 5.82. The molecular weight excluding hydrogens is 248 g/mol. The van der Waals surface area contributed by atoms with E-state index in [1.807, 2.05) is 20.9 Å². The summed E-state index contributed by atoms with van der Waals surface area (Å²) in [5.74, 6) is 0.916. The first-order valence-electron chi connectivity index (χ1n) is 7.40. The van der Waals surface area contributed by atoms with Gasteiger partial charge in [0.1, 0.15) is 5.75 Å². The molecule has 0 aliphatic heterocycles. The van der Waals surface area contributed by atoms with Crippen LogP contribution in [0.5, 0.6) is 5.75 Å². The standard InChI is InChI=1S/C17H24N2O/c1-17(2,12-18)9-10-20-14-8-7-13-5-4-6-16(19-3)15(13)11-14/h7-8,11,16,19H,4-6,9-10H2,1-3H3. The molecule has 20 heavy (non-hydrogen) atoms. The van der Waals surface area contributed by atoms with Crippen molar-refractivity contribution >= 4 is 0 Å². The van der Waals surface area contributed by atoms with Crippen LogP contribution in [-0.2, 0) is 6.42 Å². The van der Waals surface area contributed by atoms with E-state index in [1.165, 1.54) is 24.0 Å². The number of hydrogen-bond acceptors (Lipinski definition) is 3. The summed E-state index contributed by atoms with van der Waals surface area (Å²) in [6.45, 7) is 4.48. The van der Waals surface area contributed by atoms with E-state index >= 15 is 0 Å². The van der Waals surface area contributed by atoms with Gasteiger partial charge < -0.3 is 10.1 Å². The van der Waals surface area contributed by atoms with Crippen LogP contribution < -0.4 is 10.1 Å². The molecule has 3 nitrogen and oxygen atoms in total. The van der Waals surface area contributed by atoms with E-state index in [4.69, 9.17) is 10.00 Å². The van der Waals surface area contributed by atoms with Crippen molar-refractivity contribution in [2.75, 3.05) is 13.7 Å². The molecule has 0 aromatic heterocycles. The highest BCUT2D eigenvalue weighted by Gasteiger charge is 2.20. The molecule has 0 radical (unpaired) electrons. The summed E-state index contributed by atoms with van der Waals surface area (Å²) in [7, 11) is 2.02. The highest BCUT2D eigenvalue weighted by atomic mass is 16.5. The van der Waals surface area contributed by atoms with Gasteiger partial charge in [-0.15, -0.1) is 0 Å². The van der Waals surface area contributed by atoms with E-state index in [0.29, 0.717) is 12.6 Å². The highest BCUT2D eigenvalue weighted by Crippen LogP contribution is 2.32. The minimum Gasteiger partial charge on any atom is -0.494 e. The number of rotatable bonds is 5. The van der Waals surface area contributed by atoms with Gasteiger partial charge in [0, 0.05) is 6.04 Å². The van der Waals surface area contributed by atoms with Gasteiger partial charge in [0.15, 0.2) is 0 Å². The molecule has 3 heteroatoms. The van der Waals surface area contributed by atoms with Gasteiger partial charge in [-0.2, -0.15) is 5.26 Å². The van der Waals surface area contributed by atoms with Crippen LogP contribution in [0.2, 0.25) is 0 Å². The van der Waals surface area contributed by atoms with Crippen LogP contribution in [0.1, 0.15) is 50.3 Å². The number of ether oxygens (including phenoxy) is 1. The largest absolute Gasteiger partial charge is 0.494 e. The zero-order chi connectivity index (χ0) is 14.6. The summed E-state index contributed by atoms with van der Waals surface area (Å²) in [5.41, 5.74) is 2.48. The lowest BCUT2D eigenvalue weighted by Crippen LogP contribution is -2.21. The maximum atomic E-state index is 9.00. The van der Waals surface area contributed by atoms with E-state index < -0.39 is 0 Å². The first-order valence-corrected chi connectivity index (χ1v) is 7.40. The molecule has 1 N–H and O–H groups in total. The number of nitriles is 1. The average molecular weight is 272 g/mol. The Bertz CT molecular complexity index is 502. The number of aryl methyl sites for hydroxylation is 1. The highest BCUT2D eigenvalue weighted by molar-refractivity contribution is 5.39. The first kappa shape index (κ1) is 14.9. The summed E-state index contributed by atoms with van der Waals surface area (Å²) in [6.07, 6.45) is 4.34. The molecule has 0 fully saturated rings. The van der Waals surface area contributed by atoms with Gasteiger partial charge >= 0.3 is 0 Å². The van der Waals surface area contributed by atoms with Crippen LogP contribution in [0, 0.1) is 16.7 Å². The zero-order valence-electron chi connectivity index (χ0n) is 12.7. The summed E-state index contributed by atoms with van der Waals surface area (Å²) >= 11 is 0. The topological polar surface area (TPSA) is 45.0 Å². The maximum absolute atomic E-state index is 9.00. The Hall–Kier alpha value is -1.53. The Labute approximate surface area is 121 Å². The van der Waals surface area contributed by atoms with Gasteiger partial charge in [-0.25, -0.2) is 0 Å². The van der Waals surface area contributed by atoms with Gasteiger partial charge in [-0.1, -0.05) is 6.07 Å². The second-order valence-corrected chi connectivity index (χ2v) is 6.19. The van der Waals surface area contributed by atoms with E-state index in [1.54, 1.807) is 0 Å². The monoisotopic (exact) mass is 272 g/mol. The van der Waals surface area contributed by atoms with Gasteiger partial charge in [0.05, 0.1) is 18.1 Å².